The number of aromatic nitrogens is 1. The summed E-state index contributed by atoms with van der Waals surface area (Å²) >= 11 is 0. The van der Waals surface area contributed by atoms with Crippen LogP contribution in [0.4, 0.5) is 0 Å². The molecule has 0 saturated carbocycles. The van der Waals surface area contributed by atoms with Gasteiger partial charge < -0.3 is 14.4 Å². The second-order valence-corrected chi connectivity index (χ2v) is 4.20. The Balaban J connectivity index is 1.94. The van der Waals surface area contributed by atoms with Gasteiger partial charge in [-0.05, 0) is 30.9 Å². The smallest absolute Gasteiger partial charge is 0.0802 e. The molecule has 3 nitrogen and oxygen atoms in total. The van der Waals surface area contributed by atoms with Gasteiger partial charge in [-0.2, -0.15) is 0 Å². The first-order valence-corrected chi connectivity index (χ1v) is 5.75. The van der Waals surface area contributed by atoms with Crippen LogP contribution in [0.1, 0.15) is 37.9 Å². The van der Waals surface area contributed by atoms with Gasteiger partial charge in [0.2, 0.25) is 0 Å². The number of hydrogen-bond donors (Lipinski definition) is 1. The fraction of sp³-hybridized carbons (Fsp3) is 0.667. The summed E-state index contributed by atoms with van der Waals surface area (Å²) in [4.78, 5) is 0. The highest BCUT2D eigenvalue weighted by molar-refractivity contribution is 5.13. The van der Waals surface area contributed by atoms with Gasteiger partial charge in [-0.1, -0.05) is 6.92 Å². The van der Waals surface area contributed by atoms with Gasteiger partial charge in [-0.15, -0.1) is 0 Å². The van der Waals surface area contributed by atoms with E-state index in [1.807, 2.05) is 25.4 Å². The summed E-state index contributed by atoms with van der Waals surface area (Å²) in [6.45, 7) is 3.80. The molecule has 1 aromatic rings. The van der Waals surface area contributed by atoms with Crippen molar-refractivity contribution in [2.24, 2.45) is 0 Å². The summed E-state index contributed by atoms with van der Waals surface area (Å²) in [5.74, 6) is 0. The van der Waals surface area contributed by atoms with Crippen molar-refractivity contribution >= 4 is 0 Å². The van der Waals surface area contributed by atoms with E-state index in [-0.39, 0.29) is 6.10 Å². The normalized spacial score (nSPS) is 23.2. The molecular formula is C12H19NO2. The highest BCUT2D eigenvalue weighted by atomic mass is 16.5. The van der Waals surface area contributed by atoms with E-state index in [2.05, 4.69) is 4.57 Å². The largest absolute Gasteiger partial charge is 0.388 e. The van der Waals surface area contributed by atoms with Crippen LogP contribution in [0.25, 0.3) is 0 Å². The SMILES string of the molecule is CCC(O)c1ccn(CC2CCCO2)c1. The molecule has 1 fully saturated rings. The number of aliphatic hydroxyl groups excluding tert-OH is 1. The van der Waals surface area contributed by atoms with Crippen molar-refractivity contribution in [1.82, 2.24) is 4.57 Å². The molecule has 0 bridgehead atoms. The maximum Gasteiger partial charge on any atom is 0.0802 e. The zero-order valence-electron chi connectivity index (χ0n) is 9.22. The molecule has 1 aliphatic rings. The van der Waals surface area contributed by atoms with Crippen molar-refractivity contribution in [3.05, 3.63) is 24.0 Å². The standard InChI is InChI=1S/C12H19NO2/c1-2-12(14)10-5-6-13(8-10)9-11-4-3-7-15-11/h5-6,8,11-12,14H,2-4,7,9H2,1H3. The Labute approximate surface area is 90.7 Å². The zero-order chi connectivity index (χ0) is 10.7. The van der Waals surface area contributed by atoms with Crippen LogP contribution in [0, 0.1) is 0 Å². The van der Waals surface area contributed by atoms with E-state index in [0.29, 0.717) is 6.10 Å². The molecular weight excluding hydrogens is 190 g/mol. The third-order valence-electron chi connectivity index (χ3n) is 2.98. The van der Waals surface area contributed by atoms with Gasteiger partial charge in [0.05, 0.1) is 12.2 Å². The molecule has 0 aromatic carbocycles. The highest BCUT2D eigenvalue weighted by Gasteiger charge is 2.16. The Kier molecular flexibility index (Phi) is 3.44. The lowest BCUT2D eigenvalue weighted by Crippen LogP contribution is -2.13. The molecule has 2 rings (SSSR count). The van der Waals surface area contributed by atoms with Crippen molar-refractivity contribution in [3.63, 3.8) is 0 Å². The zero-order valence-corrected chi connectivity index (χ0v) is 9.22. The monoisotopic (exact) mass is 209 g/mol. The number of nitrogens with zero attached hydrogens (tertiary/aromatic N) is 1. The average molecular weight is 209 g/mol. The van der Waals surface area contributed by atoms with Crippen LogP contribution in [-0.2, 0) is 11.3 Å². The number of ether oxygens (including phenoxy) is 1. The minimum Gasteiger partial charge on any atom is -0.388 e. The van der Waals surface area contributed by atoms with Gasteiger partial charge in [0.1, 0.15) is 0 Å². The van der Waals surface area contributed by atoms with Crippen molar-refractivity contribution in [3.8, 4) is 0 Å². The molecule has 2 atom stereocenters. The fourth-order valence-corrected chi connectivity index (χ4v) is 2.03. The Morgan fingerprint density at radius 2 is 2.53 bits per heavy atom. The quantitative estimate of drug-likeness (QED) is 0.824. The Morgan fingerprint density at radius 3 is 3.20 bits per heavy atom. The first kappa shape index (κ1) is 10.7. The summed E-state index contributed by atoms with van der Waals surface area (Å²) in [5, 5.41) is 9.66. The minimum absolute atomic E-state index is 0.323. The predicted molar refractivity (Wildman–Crippen MR) is 58.7 cm³/mol. The van der Waals surface area contributed by atoms with Gasteiger partial charge in [-0.25, -0.2) is 0 Å². The van der Waals surface area contributed by atoms with Crippen molar-refractivity contribution in [2.75, 3.05) is 6.61 Å². The topological polar surface area (TPSA) is 34.4 Å². The molecule has 1 saturated heterocycles. The Morgan fingerprint density at radius 1 is 1.67 bits per heavy atom. The van der Waals surface area contributed by atoms with Crippen molar-refractivity contribution in [2.45, 2.75) is 44.9 Å². The molecule has 0 radical (unpaired) electrons. The summed E-state index contributed by atoms with van der Waals surface area (Å²) in [7, 11) is 0. The van der Waals surface area contributed by atoms with Gasteiger partial charge >= 0.3 is 0 Å². The second kappa shape index (κ2) is 4.81. The van der Waals surface area contributed by atoms with E-state index in [4.69, 9.17) is 4.74 Å². The Bertz CT molecular complexity index is 302. The lowest BCUT2D eigenvalue weighted by molar-refractivity contribution is 0.0969. The van der Waals surface area contributed by atoms with Crippen LogP contribution < -0.4 is 0 Å². The summed E-state index contributed by atoms with van der Waals surface area (Å²) in [6.07, 6.45) is 7.19. The van der Waals surface area contributed by atoms with Gasteiger partial charge in [0.25, 0.3) is 0 Å². The molecule has 0 spiro atoms. The highest BCUT2D eigenvalue weighted by Crippen LogP contribution is 2.18. The predicted octanol–water partition coefficient (Wildman–Crippen LogP) is 2.11. The molecule has 1 aromatic heterocycles. The number of hydrogen-bond acceptors (Lipinski definition) is 2. The van der Waals surface area contributed by atoms with Crippen molar-refractivity contribution < 1.29 is 9.84 Å². The lowest BCUT2D eigenvalue weighted by atomic mass is 10.1. The van der Waals surface area contributed by atoms with E-state index >= 15 is 0 Å². The van der Waals surface area contributed by atoms with Gasteiger partial charge in [0.15, 0.2) is 0 Å². The summed E-state index contributed by atoms with van der Waals surface area (Å²) < 4.78 is 7.68. The van der Waals surface area contributed by atoms with E-state index in [9.17, 15) is 5.11 Å². The molecule has 0 amide bonds. The van der Waals surface area contributed by atoms with Crippen LogP contribution in [0.2, 0.25) is 0 Å². The van der Waals surface area contributed by atoms with Gasteiger partial charge in [-0.3, -0.25) is 0 Å². The van der Waals surface area contributed by atoms with Crippen molar-refractivity contribution in [1.29, 1.82) is 0 Å². The van der Waals surface area contributed by atoms with E-state index < -0.39 is 0 Å². The number of aliphatic hydroxyl groups is 1. The van der Waals surface area contributed by atoms with E-state index in [0.717, 1.165) is 31.6 Å². The fourth-order valence-electron chi connectivity index (χ4n) is 2.03. The number of rotatable bonds is 4. The summed E-state index contributed by atoms with van der Waals surface area (Å²) in [6, 6.07) is 1.99. The maximum atomic E-state index is 9.66. The molecule has 2 heterocycles. The van der Waals surface area contributed by atoms with Crippen LogP contribution in [0.3, 0.4) is 0 Å². The first-order chi connectivity index (χ1) is 7.29. The Hall–Kier alpha value is -0.800. The average Bonchev–Trinajstić information content (AvgIpc) is 2.88. The van der Waals surface area contributed by atoms with E-state index in [1.165, 1.54) is 6.42 Å². The van der Waals surface area contributed by atoms with Crippen LogP contribution in [0.15, 0.2) is 18.5 Å². The lowest BCUT2D eigenvalue weighted by Gasteiger charge is -2.10. The third-order valence-corrected chi connectivity index (χ3v) is 2.98. The van der Waals surface area contributed by atoms with Crippen LogP contribution in [0.5, 0.6) is 0 Å². The maximum absolute atomic E-state index is 9.66. The molecule has 2 unspecified atom stereocenters. The molecule has 0 aliphatic carbocycles. The third kappa shape index (κ3) is 2.61. The summed E-state index contributed by atoms with van der Waals surface area (Å²) in [5.41, 5.74) is 1.01. The molecule has 1 N–H and O–H groups in total. The minimum atomic E-state index is -0.323. The van der Waals surface area contributed by atoms with E-state index in [1.54, 1.807) is 0 Å². The van der Waals surface area contributed by atoms with Crippen LogP contribution in [-0.4, -0.2) is 22.4 Å². The van der Waals surface area contributed by atoms with Gasteiger partial charge in [0, 0.05) is 25.5 Å². The molecule has 84 valence electrons. The molecule has 3 heteroatoms. The first-order valence-electron chi connectivity index (χ1n) is 5.75. The molecule has 1 aliphatic heterocycles. The second-order valence-electron chi connectivity index (χ2n) is 4.20. The molecule has 15 heavy (non-hydrogen) atoms. The van der Waals surface area contributed by atoms with Crippen LogP contribution >= 0.6 is 0 Å².